The maximum atomic E-state index is 12.6. The summed E-state index contributed by atoms with van der Waals surface area (Å²) in [4.78, 5) is 22.8. The van der Waals surface area contributed by atoms with E-state index >= 15 is 0 Å². The molecule has 2 rings (SSSR count). The summed E-state index contributed by atoms with van der Waals surface area (Å²) in [7, 11) is 0. The number of hydrogen-bond donors (Lipinski definition) is 2. The van der Waals surface area contributed by atoms with Crippen molar-refractivity contribution in [1.82, 2.24) is 5.32 Å². The van der Waals surface area contributed by atoms with Gasteiger partial charge in [0.15, 0.2) is 0 Å². The van der Waals surface area contributed by atoms with Crippen molar-refractivity contribution in [3.63, 3.8) is 0 Å². The summed E-state index contributed by atoms with van der Waals surface area (Å²) in [5, 5.41) is 11.5. The number of carboxylic acids is 1. The van der Waals surface area contributed by atoms with E-state index in [1.54, 1.807) is 0 Å². The van der Waals surface area contributed by atoms with Gasteiger partial charge in [0.05, 0.1) is 11.5 Å². The molecule has 1 aliphatic rings. The van der Waals surface area contributed by atoms with Crippen molar-refractivity contribution in [3.8, 4) is 0 Å². The average molecular weight is 301 g/mol. The first-order valence-corrected chi connectivity index (χ1v) is 6.48. The van der Waals surface area contributed by atoms with E-state index < -0.39 is 29.5 Å². The molecule has 0 aliphatic heterocycles. The van der Waals surface area contributed by atoms with Gasteiger partial charge in [-0.05, 0) is 37.5 Å². The highest BCUT2D eigenvalue weighted by atomic mass is 19.4. The SMILES string of the molecule is O=C(NC1CCC(C(=O)O)C1)c1cccc(C(F)(F)F)c1. The molecule has 1 aliphatic carbocycles. The Morgan fingerprint density at radius 2 is 1.95 bits per heavy atom. The van der Waals surface area contributed by atoms with E-state index in [0.29, 0.717) is 19.3 Å². The average Bonchev–Trinajstić information content (AvgIpc) is 2.86. The molecule has 1 aromatic carbocycles. The number of carboxylic acid groups (broad SMARTS) is 1. The van der Waals surface area contributed by atoms with Gasteiger partial charge in [-0.15, -0.1) is 0 Å². The molecule has 1 fully saturated rings. The van der Waals surface area contributed by atoms with Gasteiger partial charge in [0.1, 0.15) is 0 Å². The van der Waals surface area contributed by atoms with Gasteiger partial charge in [-0.1, -0.05) is 6.07 Å². The second-order valence-electron chi connectivity index (χ2n) is 5.10. The number of rotatable bonds is 3. The summed E-state index contributed by atoms with van der Waals surface area (Å²) in [6.07, 6.45) is -3.22. The van der Waals surface area contributed by atoms with Gasteiger partial charge in [-0.2, -0.15) is 13.2 Å². The van der Waals surface area contributed by atoms with Crippen LogP contribution in [0.5, 0.6) is 0 Å². The number of aliphatic carboxylic acids is 1. The Balaban J connectivity index is 2.03. The lowest BCUT2D eigenvalue weighted by atomic mass is 10.1. The molecule has 1 aromatic rings. The number of hydrogen-bond acceptors (Lipinski definition) is 2. The van der Waals surface area contributed by atoms with Gasteiger partial charge in [0, 0.05) is 11.6 Å². The van der Waals surface area contributed by atoms with E-state index in [4.69, 9.17) is 5.11 Å². The minimum Gasteiger partial charge on any atom is -0.481 e. The number of benzene rings is 1. The molecule has 0 bridgehead atoms. The van der Waals surface area contributed by atoms with Crippen LogP contribution in [0.1, 0.15) is 35.2 Å². The molecule has 1 amide bonds. The molecule has 0 spiro atoms. The predicted octanol–water partition coefficient (Wildman–Crippen LogP) is 2.69. The monoisotopic (exact) mass is 301 g/mol. The van der Waals surface area contributed by atoms with Crippen molar-refractivity contribution in [2.75, 3.05) is 0 Å². The highest BCUT2D eigenvalue weighted by Gasteiger charge is 2.32. The minimum absolute atomic E-state index is 0.0800. The van der Waals surface area contributed by atoms with Crippen LogP contribution in [-0.2, 0) is 11.0 Å². The lowest BCUT2D eigenvalue weighted by Gasteiger charge is -2.13. The molecular formula is C14H14F3NO3. The molecule has 0 aromatic heterocycles. The highest BCUT2D eigenvalue weighted by Crippen LogP contribution is 2.30. The Morgan fingerprint density at radius 3 is 2.52 bits per heavy atom. The molecule has 0 radical (unpaired) electrons. The molecule has 2 unspecified atom stereocenters. The standard InChI is InChI=1S/C14H14F3NO3/c15-14(16,17)10-3-1-2-8(6-10)12(19)18-11-5-4-9(7-11)13(20)21/h1-3,6,9,11H,4-5,7H2,(H,18,19)(H,20,21). The second kappa shape index (κ2) is 5.75. The van der Waals surface area contributed by atoms with Crippen molar-refractivity contribution in [2.45, 2.75) is 31.5 Å². The first-order chi connectivity index (χ1) is 9.77. The number of alkyl halides is 3. The molecule has 0 saturated heterocycles. The Labute approximate surface area is 119 Å². The normalized spacial score (nSPS) is 22.0. The van der Waals surface area contributed by atoms with Gasteiger partial charge < -0.3 is 10.4 Å². The zero-order chi connectivity index (χ0) is 15.6. The second-order valence-corrected chi connectivity index (χ2v) is 5.10. The van der Waals surface area contributed by atoms with Crippen molar-refractivity contribution in [2.24, 2.45) is 5.92 Å². The first kappa shape index (κ1) is 15.3. The highest BCUT2D eigenvalue weighted by molar-refractivity contribution is 5.94. The van der Waals surface area contributed by atoms with Crippen LogP contribution in [-0.4, -0.2) is 23.0 Å². The third-order valence-electron chi connectivity index (χ3n) is 3.57. The van der Waals surface area contributed by atoms with Crippen LogP contribution >= 0.6 is 0 Å². The van der Waals surface area contributed by atoms with Crippen LogP contribution in [0.2, 0.25) is 0 Å². The summed E-state index contributed by atoms with van der Waals surface area (Å²) in [6.45, 7) is 0. The molecule has 1 saturated carbocycles. The lowest BCUT2D eigenvalue weighted by molar-refractivity contribution is -0.141. The number of halogens is 3. The number of amides is 1. The van der Waals surface area contributed by atoms with Crippen LogP contribution < -0.4 is 5.32 Å². The van der Waals surface area contributed by atoms with E-state index in [9.17, 15) is 22.8 Å². The summed E-state index contributed by atoms with van der Waals surface area (Å²) in [6, 6.07) is 3.85. The van der Waals surface area contributed by atoms with Crippen LogP contribution in [0.4, 0.5) is 13.2 Å². The van der Waals surface area contributed by atoms with Gasteiger partial charge in [-0.25, -0.2) is 0 Å². The molecule has 114 valence electrons. The van der Waals surface area contributed by atoms with Crippen molar-refractivity contribution in [1.29, 1.82) is 0 Å². The summed E-state index contributed by atoms with van der Waals surface area (Å²) >= 11 is 0. The Kier molecular flexibility index (Phi) is 4.20. The third kappa shape index (κ3) is 3.74. The maximum Gasteiger partial charge on any atom is 0.416 e. The molecule has 21 heavy (non-hydrogen) atoms. The topological polar surface area (TPSA) is 66.4 Å². The minimum atomic E-state index is -4.50. The number of carbonyl (C=O) groups is 2. The van der Waals surface area contributed by atoms with Crippen LogP contribution in [0.15, 0.2) is 24.3 Å². The zero-order valence-electron chi connectivity index (χ0n) is 11.0. The summed E-state index contributed by atoms with van der Waals surface area (Å²) in [5.74, 6) is -2.03. The van der Waals surface area contributed by atoms with E-state index in [1.165, 1.54) is 12.1 Å². The summed E-state index contributed by atoms with van der Waals surface area (Å²) < 4.78 is 37.7. The van der Waals surface area contributed by atoms with E-state index in [1.807, 2.05) is 0 Å². The molecule has 7 heteroatoms. The zero-order valence-corrected chi connectivity index (χ0v) is 11.0. The van der Waals surface area contributed by atoms with Crippen LogP contribution in [0, 0.1) is 5.92 Å². The fraction of sp³-hybridized carbons (Fsp3) is 0.429. The largest absolute Gasteiger partial charge is 0.481 e. The van der Waals surface area contributed by atoms with Crippen molar-refractivity contribution < 1.29 is 27.9 Å². The number of nitrogens with one attached hydrogen (secondary N) is 1. The van der Waals surface area contributed by atoms with Gasteiger partial charge in [0.2, 0.25) is 0 Å². The molecular weight excluding hydrogens is 287 g/mol. The maximum absolute atomic E-state index is 12.6. The summed E-state index contributed by atoms with van der Waals surface area (Å²) in [5.41, 5.74) is -0.964. The van der Waals surface area contributed by atoms with Crippen LogP contribution in [0.3, 0.4) is 0 Å². The predicted molar refractivity (Wildman–Crippen MR) is 67.7 cm³/mol. The van der Waals surface area contributed by atoms with Crippen LogP contribution in [0.25, 0.3) is 0 Å². The smallest absolute Gasteiger partial charge is 0.416 e. The first-order valence-electron chi connectivity index (χ1n) is 6.48. The molecule has 4 nitrogen and oxygen atoms in total. The van der Waals surface area contributed by atoms with E-state index in [-0.39, 0.29) is 11.6 Å². The van der Waals surface area contributed by atoms with E-state index in [0.717, 1.165) is 12.1 Å². The van der Waals surface area contributed by atoms with Crippen molar-refractivity contribution >= 4 is 11.9 Å². The van der Waals surface area contributed by atoms with E-state index in [2.05, 4.69) is 5.32 Å². The lowest BCUT2D eigenvalue weighted by Crippen LogP contribution is -2.33. The quantitative estimate of drug-likeness (QED) is 0.902. The molecule has 0 heterocycles. The Hall–Kier alpha value is -2.05. The fourth-order valence-electron chi connectivity index (χ4n) is 2.44. The molecule has 2 N–H and O–H groups in total. The van der Waals surface area contributed by atoms with Gasteiger partial charge in [0.25, 0.3) is 5.91 Å². The van der Waals surface area contributed by atoms with Gasteiger partial charge >= 0.3 is 12.1 Å². The van der Waals surface area contributed by atoms with Gasteiger partial charge in [-0.3, -0.25) is 9.59 Å². The fourth-order valence-corrected chi connectivity index (χ4v) is 2.44. The Bertz CT molecular complexity index is 557. The van der Waals surface area contributed by atoms with Crippen molar-refractivity contribution in [3.05, 3.63) is 35.4 Å². The third-order valence-corrected chi connectivity index (χ3v) is 3.57. The number of carbonyl (C=O) groups excluding carboxylic acids is 1. The Morgan fingerprint density at radius 1 is 1.24 bits per heavy atom. The molecule has 2 atom stereocenters.